The van der Waals surface area contributed by atoms with Gasteiger partial charge in [-0.05, 0) is 52.3 Å². The molecule has 0 atom stereocenters. The lowest BCUT2D eigenvalue weighted by molar-refractivity contribution is 0.103. The lowest BCUT2D eigenvalue weighted by Crippen LogP contribution is -2.05. The number of ketones is 1. The molecule has 98 valence electrons. The molecule has 0 amide bonds. The molecule has 0 spiro atoms. The van der Waals surface area contributed by atoms with Crippen LogP contribution in [0.2, 0.25) is 0 Å². The van der Waals surface area contributed by atoms with E-state index >= 15 is 0 Å². The first-order chi connectivity index (χ1) is 9.02. The molecule has 0 unspecified atom stereocenters. The fourth-order valence-corrected chi connectivity index (χ4v) is 2.21. The van der Waals surface area contributed by atoms with Gasteiger partial charge in [0.25, 0.3) is 0 Å². The predicted octanol–water partition coefficient (Wildman–Crippen LogP) is 3.97. The van der Waals surface area contributed by atoms with Crippen LogP contribution in [0.15, 0.2) is 40.9 Å². The Bertz CT molecular complexity index is 641. The molecule has 0 saturated carbocycles. The molecule has 0 saturated heterocycles. The molecular formula is C14H9BrF2O2. The highest BCUT2D eigenvalue weighted by Gasteiger charge is 2.18. The normalized spacial score (nSPS) is 10.3. The average molecular weight is 327 g/mol. The van der Waals surface area contributed by atoms with Crippen molar-refractivity contribution in [2.75, 3.05) is 7.11 Å². The number of hydrogen-bond donors (Lipinski definition) is 0. The zero-order valence-corrected chi connectivity index (χ0v) is 11.5. The monoisotopic (exact) mass is 326 g/mol. The zero-order chi connectivity index (χ0) is 14.0. The van der Waals surface area contributed by atoms with Crippen molar-refractivity contribution in [3.05, 3.63) is 63.6 Å². The first kappa shape index (κ1) is 13.7. The SMILES string of the molecule is COc1ccc(F)cc1C(=O)c1ccc(F)cc1Br. The van der Waals surface area contributed by atoms with Gasteiger partial charge in [-0.2, -0.15) is 0 Å². The van der Waals surface area contributed by atoms with E-state index in [4.69, 9.17) is 4.74 Å². The Labute approximate surface area is 117 Å². The lowest BCUT2D eigenvalue weighted by Gasteiger charge is -2.09. The lowest BCUT2D eigenvalue weighted by atomic mass is 10.0. The van der Waals surface area contributed by atoms with Crippen molar-refractivity contribution < 1.29 is 18.3 Å². The molecule has 19 heavy (non-hydrogen) atoms. The van der Waals surface area contributed by atoms with E-state index in [2.05, 4.69) is 15.9 Å². The average Bonchev–Trinajstić information content (AvgIpc) is 2.38. The molecule has 0 aromatic heterocycles. The second-order valence-electron chi connectivity index (χ2n) is 3.80. The van der Waals surface area contributed by atoms with E-state index in [1.165, 1.54) is 37.4 Å². The third-order valence-corrected chi connectivity index (χ3v) is 3.24. The summed E-state index contributed by atoms with van der Waals surface area (Å²) in [6.07, 6.45) is 0. The first-order valence-electron chi connectivity index (χ1n) is 5.36. The zero-order valence-electron chi connectivity index (χ0n) is 9.91. The van der Waals surface area contributed by atoms with Gasteiger partial charge in [-0.1, -0.05) is 0 Å². The van der Waals surface area contributed by atoms with Crippen molar-refractivity contribution in [1.82, 2.24) is 0 Å². The molecule has 0 N–H and O–H groups in total. The van der Waals surface area contributed by atoms with Gasteiger partial charge in [-0.25, -0.2) is 8.78 Å². The smallest absolute Gasteiger partial charge is 0.197 e. The maximum atomic E-state index is 13.2. The molecule has 2 aromatic rings. The number of benzene rings is 2. The summed E-state index contributed by atoms with van der Waals surface area (Å²) < 4.78 is 31.6. The van der Waals surface area contributed by atoms with Crippen LogP contribution in [0.3, 0.4) is 0 Å². The van der Waals surface area contributed by atoms with Crippen LogP contribution in [-0.4, -0.2) is 12.9 Å². The van der Waals surface area contributed by atoms with Gasteiger partial charge in [0.2, 0.25) is 0 Å². The Hall–Kier alpha value is -1.75. The van der Waals surface area contributed by atoms with Crippen LogP contribution in [0.25, 0.3) is 0 Å². The molecule has 0 aliphatic heterocycles. The Morgan fingerprint density at radius 2 is 1.68 bits per heavy atom. The van der Waals surface area contributed by atoms with Gasteiger partial charge in [0.1, 0.15) is 17.4 Å². The first-order valence-corrected chi connectivity index (χ1v) is 6.15. The van der Waals surface area contributed by atoms with Gasteiger partial charge in [-0.3, -0.25) is 4.79 Å². The van der Waals surface area contributed by atoms with Crippen molar-refractivity contribution in [2.45, 2.75) is 0 Å². The fourth-order valence-electron chi connectivity index (χ4n) is 1.68. The van der Waals surface area contributed by atoms with Gasteiger partial charge < -0.3 is 4.74 Å². The molecule has 2 aromatic carbocycles. The van der Waals surface area contributed by atoms with Crippen molar-refractivity contribution in [1.29, 1.82) is 0 Å². The number of carbonyl (C=O) groups is 1. The summed E-state index contributed by atoms with van der Waals surface area (Å²) in [4.78, 5) is 12.3. The molecule has 5 heteroatoms. The van der Waals surface area contributed by atoms with Crippen molar-refractivity contribution in [3.8, 4) is 5.75 Å². The van der Waals surface area contributed by atoms with Gasteiger partial charge >= 0.3 is 0 Å². The summed E-state index contributed by atoms with van der Waals surface area (Å²) in [5.74, 6) is -1.18. The van der Waals surface area contributed by atoms with E-state index in [1.54, 1.807) is 0 Å². The summed E-state index contributed by atoms with van der Waals surface area (Å²) in [7, 11) is 1.39. The highest BCUT2D eigenvalue weighted by atomic mass is 79.9. The van der Waals surface area contributed by atoms with E-state index in [0.29, 0.717) is 4.47 Å². The largest absolute Gasteiger partial charge is 0.496 e. The van der Waals surface area contributed by atoms with Crippen LogP contribution in [0, 0.1) is 11.6 Å². The van der Waals surface area contributed by atoms with E-state index in [-0.39, 0.29) is 16.9 Å². The Morgan fingerprint density at radius 3 is 2.32 bits per heavy atom. The number of carbonyl (C=O) groups excluding carboxylic acids is 1. The van der Waals surface area contributed by atoms with Crippen LogP contribution in [0.1, 0.15) is 15.9 Å². The van der Waals surface area contributed by atoms with Crippen LogP contribution in [-0.2, 0) is 0 Å². The van der Waals surface area contributed by atoms with Gasteiger partial charge in [0, 0.05) is 10.0 Å². The van der Waals surface area contributed by atoms with E-state index in [1.807, 2.05) is 0 Å². The third kappa shape index (κ3) is 2.81. The highest BCUT2D eigenvalue weighted by Crippen LogP contribution is 2.26. The molecule has 0 radical (unpaired) electrons. The number of hydrogen-bond acceptors (Lipinski definition) is 2. The minimum Gasteiger partial charge on any atom is -0.496 e. The van der Waals surface area contributed by atoms with Crippen LogP contribution >= 0.6 is 15.9 Å². The molecule has 0 heterocycles. The number of ether oxygens (including phenoxy) is 1. The maximum absolute atomic E-state index is 13.2. The molecule has 0 aliphatic carbocycles. The summed E-state index contributed by atoms with van der Waals surface area (Å²) >= 11 is 3.11. The second-order valence-corrected chi connectivity index (χ2v) is 4.65. The van der Waals surface area contributed by atoms with Crippen LogP contribution < -0.4 is 4.74 Å². The molecular weight excluding hydrogens is 318 g/mol. The van der Waals surface area contributed by atoms with Crippen molar-refractivity contribution >= 4 is 21.7 Å². The maximum Gasteiger partial charge on any atom is 0.197 e. The fraction of sp³-hybridized carbons (Fsp3) is 0.0714. The summed E-state index contributed by atoms with van der Waals surface area (Å²) in [6, 6.07) is 7.36. The minimum atomic E-state index is -0.539. The third-order valence-electron chi connectivity index (χ3n) is 2.58. The number of methoxy groups -OCH3 is 1. The van der Waals surface area contributed by atoms with Gasteiger partial charge in [0.05, 0.1) is 12.7 Å². The quantitative estimate of drug-likeness (QED) is 0.798. The van der Waals surface area contributed by atoms with Crippen LogP contribution in [0.5, 0.6) is 5.75 Å². The Morgan fingerprint density at radius 1 is 1.05 bits per heavy atom. The topological polar surface area (TPSA) is 26.3 Å². The van der Waals surface area contributed by atoms with Crippen molar-refractivity contribution in [3.63, 3.8) is 0 Å². The summed E-state index contributed by atoms with van der Waals surface area (Å²) in [5, 5.41) is 0. The van der Waals surface area contributed by atoms with E-state index in [0.717, 1.165) is 6.07 Å². The predicted molar refractivity (Wildman–Crippen MR) is 70.5 cm³/mol. The summed E-state index contributed by atoms with van der Waals surface area (Å²) in [5.41, 5.74) is 0.333. The minimum absolute atomic E-state index is 0.0924. The van der Waals surface area contributed by atoms with E-state index < -0.39 is 17.4 Å². The Kier molecular flexibility index (Phi) is 3.95. The van der Waals surface area contributed by atoms with Gasteiger partial charge in [0.15, 0.2) is 5.78 Å². The number of rotatable bonds is 3. The molecule has 0 aliphatic rings. The van der Waals surface area contributed by atoms with Crippen LogP contribution in [0.4, 0.5) is 8.78 Å². The standard InChI is InChI=1S/C14H9BrF2O2/c1-19-13-5-3-8(16)6-11(13)14(18)10-4-2-9(17)7-12(10)15/h2-7H,1H3. The second kappa shape index (κ2) is 5.48. The molecule has 2 rings (SSSR count). The molecule has 0 fully saturated rings. The van der Waals surface area contributed by atoms with Crippen molar-refractivity contribution in [2.24, 2.45) is 0 Å². The molecule has 2 nitrogen and oxygen atoms in total. The number of halogens is 3. The van der Waals surface area contributed by atoms with Gasteiger partial charge in [-0.15, -0.1) is 0 Å². The molecule has 0 bridgehead atoms. The Balaban J connectivity index is 2.52. The highest BCUT2D eigenvalue weighted by molar-refractivity contribution is 9.10. The summed E-state index contributed by atoms with van der Waals surface area (Å²) in [6.45, 7) is 0. The van der Waals surface area contributed by atoms with E-state index in [9.17, 15) is 13.6 Å².